The van der Waals surface area contributed by atoms with Gasteiger partial charge in [-0.05, 0) is 12.0 Å². The first-order valence-electron chi connectivity index (χ1n) is 4.82. The summed E-state index contributed by atoms with van der Waals surface area (Å²) >= 11 is 0. The van der Waals surface area contributed by atoms with Crippen molar-refractivity contribution in [1.82, 2.24) is 5.32 Å². The van der Waals surface area contributed by atoms with Gasteiger partial charge in [0.15, 0.2) is 0 Å². The molecule has 0 fully saturated rings. The van der Waals surface area contributed by atoms with Gasteiger partial charge in [-0.2, -0.15) is 5.26 Å². The highest BCUT2D eigenvalue weighted by Crippen LogP contribution is 2.04. The highest BCUT2D eigenvalue weighted by atomic mass is 16.4. The minimum atomic E-state index is -1.09. The zero-order chi connectivity index (χ0) is 11.8. The third-order valence-corrected chi connectivity index (χ3v) is 2.01. The third kappa shape index (κ3) is 4.29. The first kappa shape index (κ1) is 11.8. The van der Waals surface area contributed by atoms with E-state index in [1.165, 1.54) is 6.08 Å². The van der Waals surface area contributed by atoms with Crippen molar-refractivity contribution in [3.8, 4) is 6.07 Å². The third-order valence-electron chi connectivity index (χ3n) is 2.01. The van der Waals surface area contributed by atoms with E-state index in [4.69, 9.17) is 10.4 Å². The molecule has 1 amide bonds. The number of allylic oxidation sites excluding steroid dienone is 1. The molecular formula is C12H12N2O2. The van der Waals surface area contributed by atoms with Crippen LogP contribution in [0.2, 0.25) is 0 Å². The van der Waals surface area contributed by atoms with Crippen LogP contribution in [0.1, 0.15) is 5.56 Å². The molecule has 0 aliphatic rings. The van der Waals surface area contributed by atoms with Crippen molar-refractivity contribution in [3.05, 3.63) is 48.0 Å². The standard InChI is InChI=1S/C12H12N2O2/c13-8-4-7-11(14-12(15)16)9-10-5-2-1-3-6-10/h1-7,11,14H,9H2,(H,15,16). The fourth-order valence-corrected chi connectivity index (χ4v) is 1.35. The second-order valence-corrected chi connectivity index (χ2v) is 3.23. The lowest BCUT2D eigenvalue weighted by Gasteiger charge is -2.12. The molecule has 1 aromatic carbocycles. The number of nitriles is 1. The molecule has 16 heavy (non-hydrogen) atoms. The average Bonchev–Trinajstić information content (AvgIpc) is 2.26. The van der Waals surface area contributed by atoms with E-state index in [2.05, 4.69) is 5.32 Å². The zero-order valence-electron chi connectivity index (χ0n) is 8.63. The summed E-state index contributed by atoms with van der Waals surface area (Å²) in [4.78, 5) is 10.5. The number of benzene rings is 1. The van der Waals surface area contributed by atoms with Gasteiger partial charge < -0.3 is 10.4 Å². The van der Waals surface area contributed by atoms with Crippen molar-refractivity contribution < 1.29 is 9.90 Å². The molecular weight excluding hydrogens is 204 g/mol. The summed E-state index contributed by atoms with van der Waals surface area (Å²) in [5.74, 6) is 0. The highest BCUT2D eigenvalue weighted by Gasteiger charge is 2.08. The van der Waals surface area contributed by atoms with Crippen LogP contribution in [0.25, 0.3) is 0 Å². The Morgan fingerprint density at radius 2 is 2.19 bits per heavy atom. The van der Waals surface area contributed by atoms with Crippen molar-refractivity contribution >= 4 is 6.09 Å². The van der Waals surface area contributed by atoms with Crippen LogP contribution in [0.5, 0.6) is 0 Å². The molecule has 1 unspecified atom stereocenters. The van der Waals surface area contributed by atoms with Crippen molar-refractivity contribution in [2.24, 2.45) is 0 Å². The van der Waals surface area contributed by atoms with E-state index in [1.807, 2.05) is 36.4 Å². The Morgan fingerprint density at radius 3 is 2.75 bits per heavy atom. The van der Waals surface area contributed by atoms with Crippen LogP contribution in [-0.4, -0.2) is 17.2 Å². The largest absolute Gasteiger partial charge is 0.465 e. The van der Waals surface area contributed by atoms with Crippen molar-refractivity contribution in [2.45, 2.75) is 12.5 Å². The Labute approximate surface area is 93.8 Å². The number of carboxylic acid groups (broad SMARTS) is 1. The number of amides is 1. The van der Waals surface area contributed by atoms with E-state index < -0.39 is 6.09 Å². The summed E-state index contributed by atoms with van der Waals surface area (Å²) in [6.07, 6.45) is 2.26. The van der Waals surface area contributed by atoms with Gasteiger partial charge in [0.25, 0.3) is 0 Å². The molecule has 1 atom stereocenters. The predicted molar refractivity (Wildman–Crippen MR) is 59.8 cm³/mol. The van der Waals surface area contributed by atoms with E-state index in [-0.39, 0.29) is 6.04 Å². The normalized spacial score (nSPS) is 11.9. The van der Waals surface area contributed by atoms with Crippen LogP contribution < -0.4 is 5.32 Å². The molecule has 0 saturated heterocycles. The molecule has 4 heteroatoms. The average molecular weight is 216 g/mol. The van der Waals surface area contributed by atoms with Crippen LogP contribution >= 0.6 is 0 Å². The fourth-order valence-electron chi connectivity index (χ4n) is 1.35. The summed E-state index contributed by atoms with van der Waals surface area (Å²) in [5, 5.41) is 19.4. The molecule has 1 aromatic rings. The number of rotatable bonds is 4. The van der Waals surface area contributed by atoms with Gasteiger partial charge in [0.1, 0.15) is 0 Å². The molecule has 0 radical (unpaired) electrons. The van der Waals surface area contributed by atoms with Crippen molar-refractivity contribution in [2.75, 3.05) is 0 Å². The summed E-state index contributed by atoms with van der Waals surface area (Å²) in [7, 11) is 0. The van der Waals surface area contributed by atoms with Crippen LogP contribution in [-0.2, 0) is 6.42 Å². The summed E-state index contributed by atoms with van der Waals surface area (Å²) in [5.41, 5.74) is 1.02. The SMILES string of the molecule is N#CC=CC(Cc1ccccc1)NC(=O)O. The molecule has 0 saturated carbocycles. The van der Waals surface area contributed by atoms with Crippen LogP contribution in [0.4, 0.5) is 4.79 Å². The maximum absolute atomic E-state index is 10.5. The van der Waals surface area contributed by atoms with Crippen LogP contribution in [0.3, 0.4) is 0 Å². The maximum Gasteiger partial charge on any atom is 0.405 e. The fraction of sp³-hybridized carbons (Fsp3) is 0.167. The van der Waals surface area contributed by atoms with Gasteiger partial charge in [-0.3, -0.25) is 0 Å². The Morgan fingerprint density at radius 1 is 1.50 bits per heavy atom. The van der Waals surface area contributed by atoms with Gasteiger partial charge in [-0.1, -0.05) is 36.4 Å². The number of carbonyl (C=O) groups is 1. The van der Waals surface area contributed by atoms with E-state index in [0.717, 1.165) is 5.56 Å². The lowest BCUT2D eigenvalue weighted by Crippen LogP contribution is -2.33. The predicted octanol–water partition coefficient (Wildman–Crippen LogP) is 1.95. The first-order valence-corrected chi connectivity index (χ1v) is 4.82. The summed E-state index contributed by atoms with van der Waals surface area (Å²) in [6, 6.07) is 11.0. The second-order valence-electron chi connectivity index (χ2n) is 3.23. The quantitative estimate of drug-likeness (QED) is 0.755. The topological polar surface area (TPSA) is 73.1 Å². The minimum Gasteiger partial charge on any atom is -0.465 e. The maximum atomic E-state index is 10.5. The summed E-state index contributed by atoms with van der Waals surface area (Å²) < 4.78 is 0. The molecule has 0 bridgehead atoms. The van der Waals surface area contributed by atoms with E-state index in [1.54, 1.807) is 6.08 Å². The number of hydrogen-bond donors (Lipinski definition) is 2. The Hall–Kier alpha value is -2.28. The van der Waals surface area contributed by atoms with Gasteiger partial charge >= 0.3 is 6.09 Å². The number of hydrogen-bond acceptors (Lipinski definition) is 2. The summed E-state index contributed by atoms with van der Waals surface area (Å²) in [6.45, 7) is 0. The first-order chi connectivity index (χ1) is 7.72. The molecule has 82 valence electrons. The second kappa shape index (κ2) is 6.25. The minimum absolute atomic E-state index is 0.375. The van der Waals surface area contributed by atoms with Gasteiger partial charge in [0, 0.05) is 6.08 Å². The van der Waals surface area contributed by atoms with Gasteiger partial charge in [-0.25, -0.2) is 4.79 Å². The molecule has 0 heterocycles. The molecule has 0 spiro atoms. The monoisotopic (exact) mass is 216 g/mol. The van der Waals surface area contributed by atoms with Crippen LogP contribution in [0.15, 0.2) is 42.5 Å². The molecule has 0 aliphatic heterocycles. The highest BCUT2D eigenvalue weighted by molar-refractivity contribution is 5.65. The van der Waals surface area contributed by atoms with E-state index >= 15 is 0 Å². The molecule has 0 aromatic heterocycles. The molecule has 1 rings (SSSR count). The zero-order valence-corrected chi connectivity index (χ0v) is 8.63. The van der Waals surface area contributed by atoms with E-state index in [9.17, 15) is 4.79 Å². The van der Waals surface area contributed by atoms with Crippen molar-refractivity contribution in [3.63, 3.8) is 0 Å². The lowest BCUT2D eigenvalue weighted by atomic mass is 10.1. The molecule has 4 nitrogen and oxygen atoms in total. The Balaban J connectivity index is 2.67. The lowest BCUT2D eigenvalue weighted by molar-refractivity contribution is 0.192. The molecule has 0 aliphatic carbocycles. The smallest absolute Gasteiger partial charge is 0.405 e. The number of nitrogens with one attached hydrogen (secondary N) is 1. The van der Waals surface area contributed by atoms with Crippen LogP contribution in [0, 0.1) is 11.3 Å². The Kier molecular flexibility index (Phi) is 4.61. The number of nitrogens with zero attached hydrogens (tertiary/aromatic N) is 1. The van der Waals surface area contributed by atoms with Gasteiger partial charge in [-0.15, -0.1) is 0 Å². The van der Waals surface area contributed by atoms with Crippen molar-refractivity contribution in [1.29, 1.82) is 5.26 Å². The van der Waals surface area contributed by atoms with Gasteiger partial charge in [0.05, 0.1) is 12.1 Å². The van der Waals surface area contributed by atoms with E-state index in [0.29, 0.717) is 6.42 Å². The molecule has 2 N–H and O–H groups in total. The Bertz CT molecular complexity index is 407. The van der Waals surface area contributed by atoms with Gasteiger partial charge in [0.2, 0.25) is 0 Å².